The van der Waals surface area contributed by atoms with Crippen molar-refractivity contribution in [3.05, 3.63) is 64.8 Å². The van der Waals surface area contributed by atoms with Gasteiger partial charge < -0.3 is 5.11 Å². The van der Waals surface area contributed by atoms with Gasteiger partial charge in [0.25, 0.3) is 0 Å². The van der Waals surface area contributed by atoms with E-state index in [9.17, 15) is 19.5 Å². The molecule has 0 spiro atoms. The monoisotopic (exact) mass is 434 g/mol. The number of fused-ring (bicyclic) bond motifs is 2. The van der Waals surface area contributed by atoms with Gasteiger partial charge in [-0.3, -0.25) is 14.4 Å². The van der Waals surface area contributed by atoms with E-state index in [2.05, 4.69) is 6.08 Å². The van der Waals surface area contributed by atoms with Crippen LogP contribution in [0.5, 0.6) is 0 Å². The molecule has 0 unspecified atom stereocenters. The summed E-state index contributed by atoms with van der Waals surface area (Å²) in [5.74, 6) is -2.62. The molecule has 170 valence electrons. The van der Waals surface area contributed by atoms with Crippen LogP contribution in [0.3, 0.4) is 0 Å². The maximum Gasteiger partial charge on any atom is 0.184 e. The van der Waals surface area contributed by atoms with Gasteiger partial charge in [-0.25, -0.2) is 0 Å². The van der Waals surface area contributed by atoms with Crippen molar-refractivity contribution in [3.8, 4) is 0 Å². The van der Waals surface area contributed by atoms with Gasteiger partial charge in [-0.1, -0.05) is 67.5 Å². The number of carbonyl (C=O) groups is 3. The Morgan fingerprint density at radius 3 is 2.16 bits per heavy atom. The molecule has 0 radical (unpaired) electrons. The summed E-state index contributed by atoms with van der Waals surface area (Å²) < 4.78 is 0. The lowest BCUT2D eigenvalue weighted by Crippen LogP contribution is -2.62. The van der Waals surface area contributed by atoms with Crippen molar-refractivity contribution in [1.82, 2.24) is 0 Å². The molecule has 1 aromatic rings. The highest BCUT2D eigenvalue weighted by atomic mass is 16.3. The second-order valence-electron chi connectivity index (χ2n) is 10.4. The van der Waals surface area contributed by atoms with Crippen LogP contribution in [0.15, 0.2) is 59.2 Å². The summed E-state index contributed by atoms with van der Waals surface area (Å²) in [5.41, 5.74) is 0.434. The number of rotatable bonds is 5. The van der Waals surface area contributed by atoms with E-state index in [1.807, 2.05) is 47.6 Å². The number of allylic oxidation sites excluding steroid dienone is 5. The molecular formula is C28H34O4. The summed E-state index contributed by atoms with van der Waals surface area (Å²) in [6, 6.07) is 8.63. The smallest absolute Gasteiger partial charge is 0.184 e. The average molecular weight is 435 g/mol. The van der Waals surface area contributed by atoms with Gasteiger partial charge in [0.1, 0.15) is 11.3 Å². The number of Topliss-reactive ketones (excluding diaryl/α,β-unsaturated/α-hetero) is 3. The first kappa shape index (κ1) is 23.9. The summed E-state index contributed by atoms with van der Waals surface area (Å²) in [6.45, 7) is 11.8. The van der Waals surface area contributed by atoms with Crippen LogP contribution in [0.2, 0.25) is 0 Å². The summed E-state index contributed by atoms with van der Waals surface area (Å²) in [5, 5.41) is 11.0. The largest absolute Gasteiger partial charge is 0.506 e. The van der Waals surface area contributed by atoms with E-state index in [4.69, 9.17) is 0 Å². The molecule has 0 aliphatic heterocycles. The number of carbonyl (C=O) groups excluding carboxylic acids is 3. The molecule has 2 saturated carbocycles. The number of hydrogen-bond donors (Lipinski definition) is 1. The van der Waals surface area contributed by atoms with Crippen LogP contribution < -0.4 is 0 Å². The fourth-order valence-corrected chi connectivity index (χ4v) is 5.18. The van der Waals surface area contributed by atoms with E-state index in [1.165, 1.54) is 5.57 Å². The molecule has 4 heteroatoms. The fraction of sp³-hybridized carbons (Fsp3) is 0.464. The van der Waals surface area contributed by atoms with Gasteiger partial charge in [0, 0.05) is 5.56 Å². The third kappa shape index (κ3) is 3.92. The van der Waals surface area contributed by atoms with E-state index in [1.54, 1.807) is 30.3 Å². The van der Waals surface area contributed by atoms with Gasteiger partial charge in [-0.15, -0.1) is 0 Å². The van der Waals surface area contributed by atoms with Crippen LogP contribution in [0, 0.1) is 22.7 Å². The second-order valence-corrected chi connectivity index (χ2v) is 10.4. The van der Waals surface area contributed by atoms with E-state index in [0.29, 0.717) is 18.4 Å². The zero-order chi connectivity index (χ0) is 23.8. The van der Waals surface area contributed by atoms with Crippen molar-refractivity contribution in [1.29, 1.82) is 0 Å². The highest BCUT2D eigenvalue weighted by molar-refractivity contribution is 6.39. The predicted octanol–water partition coefficient (Wildman–Crippen LogP) is 6.04. The minimum absolute atomic E-state index is 0.000944. The van der Waals surface area contributed by atoms with Crippen LogP contribution in [-0.4, -0.2) is 22.5 Å². The normalized spacial score (nSPS) is 28.2. The van der Waals surface area contributed by atoms with Crippen molar-refractivity contribution in [2.75, 3.05) is 0 Å². The fourth-order valence-electron chi connectivity index (χ4n) is 5.18. The number of aliphatic hydroxyl groups excluding tert-OH is 1. The van der Waals surface area contributed by atoms with Crippen molar-refractivity contribution >= 4 is 23.1 Å². The lowest BCUT2D eigenvalue weighted by atomic mass is 9.46. The van der Waals surface area contributed by atoms with Crippen LogP contribution >= 0.6 is 0 Å². The molecule has 2 aliphatic rings. The Morgan fingerprint density at radius 2 is 1.59 bits per heavy atom. The third-order valence-corrected chi connectivity index (χ3v) is 7.25. The van der Waals surface area contributed by atoms with Gasteiger partial charge in [0.2, 0.25) is 0 Å². The molecule has 4 nitrogen and oxygen atoms in total. The predicted molar refractivity (Wildman–Crippen MR) is 127 cm³/mol. The molecule has 2 bridgehead atoms. The van der Waals surface area contributed by atoms with Crippen molar-refractivity contribution in [2.45, 2.75) is 60.8 Å². The summed E-state index contributed by atoms with van der Waals surface area (Å²) >= 11 is 0. The molecular weight excluding hydrogens is 400 g/mol. The van der Waals surface area contributed by atoms with E-state index in [0.717, 1.165) is 5.57 Å². The molecule has 2 fully saturated rings. The first-order valence-electron chi connectivity index (χ1n) is 11.3. The number of benzene rings is 1. The molecule has 0 amide bonds. The minimum atomic E-state index is -1.32. The van der Waals surface area contributed by atoms with Gasteiger partial charge in [0.05, 0.1) is 11.3 Å². The first-order chi connectivity index (χ1) is 14.9. The zero-order valence-electron chi connectivity index (χ0n) is 20.0. The molecule has 0 aromatic heterocycles. The Labute approximate surface area is 191 Å². The van der Waals surface area contributed by atoms with Crippen LogP contribution in [0.25, 0.3) is 5.76 Å². The average Bonchev–Trinajstić information content (AvgIpc) is 2.72. The molecule has 1 N–H and O–H groups in total. The number of aliphatic hydroxyl groups is 1. The zero-order valence-corrected chi connectivity index (χ0v) is 20.0. The highest BCUT2D eigenvalue weighted by Crippen LogP contribution is 2.58. The first-order valence-corrected chi connectivity index (χ1v) is 11.3. The quantitative estimate of drug-likeness (QED) is 0.202. The Balaban J connectivity index is 2.24. The summed E-state index contributed by atoms with van der Waals surface area (Å²) in [6.07, 6.45) is 5.38. The van der Waals surface area contributed by atoms with E-state index < -0.39 is 28.3 Å². The molecule has 0 saturated heterocycles. The SMILES string of the molecule is CC(C)=CC[C@H]1C[C@@]2(CC=C(C)C)C(=O)/C(=C(\O)c3ccccc3)C(=O)[C@H](C2=O)C1(C)C. The Hall–Kier alpha value is -2.75. The standard InChI is InChI=1S/C28H34O4/c1-17(2)12-13-20-16-28(15-14-18(3)4)25(31)21(23(29)19-10-8-7-9-11-19)24(30)22(26(28)32)27(20,5)6/h7-12,14,20,22,29H,13,15-16H2,1-6H3/b23-21-/t20-,22+,28-/m0/s1. The van der Waals surface area contributed by atoms with Gasteiger partial charge in [-0.2, -0.15) is 0 Å². The maximum atomic E-state index is 13.9. The van der Waals surface area contributed by atoms with Crippen molar-refractivity contribution in [2.24, 2.45) is 22.7 Å². The Kier molecular flexibility index (Phi) is 6.46. The summed E-state index contributed by atoms with van der Waals surface area (Å²) in [7, 11) is 0. The van der Waals surface area contributed by atoms with Gasteiger partial charge in [0.15, 0.2) is 17.3 Å². The van der Waals surface area contributed by atoms with Crippen LogP contribution in [0.1, 0.15) is 66.4 Å². The third-order valence-electron chi connectivity index (χ3n) is 7.25. The van der Waals surface area contributed by atoms with Gasteiger partial charge in [-0.05, 0) is 58.3 Å². The Morgan fingerprint density at radius 1 is 1.00 bits per heavy atom. The second kappa shape index (κ2) is 8.65. The topological polar surface area (TPSA) is 71.4 Å². The van der Waals surface area contributed by atoms with Gasteiger partial charge >= 0.3 is 0 Å². The number of ketones is 3. The lowest BCUT2D eigenvalue weighted by Gasteiger charge is -2.53. The molecule has 1 aromatic carbocycles. The lowest BCUT2D eigenvalue weighted by molar-refractivity contribution is -0.162. The highest BCUT2D eigenvalue weighted by Gasteiger charge is 2.66. The van der Waals surface area contributed by atoms with Crippen LogP contribution in [-0.2, 0) is 14.4 Å². The maximum absolute atomic E-state index is 13.9. The number of hydrogen-bond acceptors (Lipinski definition) is 4. The minimum Gasteiger partial charge on any atom is -0.506 e. The molecule has 0 heterocycles. The molecule has 2 aliphatic carbocycles. The van der Waals surface area contributed by atoms with Crippen LogP contribution in [0.4, 0.5) is 0 Å². The molecule has 32 heavy (non-hydrogen) atoms. The Bertz CT molecular complexity index is 1030. The van der Waals surface area contributed by atoms with Crippen molar-refractivity contribution < 1.29 is 19.5 Å². The molecule has 3 atom stereocenters. The van der Waals surface area contributed by atoms with E-state index >= 15 is 0 Å². The van der Waals surface area contributed by atoms with E-state index in [-0.39, 0.29) is 29.5 Å². The van der Waals surface area contributed by atoms with Crippen molar-refractivity contribution in [3.63, 3.8) is 0 Å². The summed E-state index contributed by atoms with van der Waals surface area (Å²) in [4.78, 5) is 41.3. The molecule has 3 rings (SSSR count).